The highest BCUT2D eigenvalue weighted by molar-refractivity contribution is 7.71. The van der Waals surface area contributed by atoms with Crippen molar-refractivity contribution in [3.8, 4) is 5.69 Å². The molecule has 1 heterocycles. The van der Waals surface area contributed by atoms with E-state index in [-0.39, 0.29) is 21.6 Å². The summed E-state index contributed by atoms with van der Waals surface area (Å²) in [7, 11) is 0. The Kier molecular flexibility index (Phi) is 4.77. The van der Waals surface area contributed by atoms with Gasteiger partial charge in [-0.2, -0.15) is 0 Å². The Balaban J connectivity index is 1.74. The van der Waals surface area contributed by atoms with E-state index in [2.05, 4.69) is 10.3 Å². The van der Waals surface area contributed by atoms with Crippen LogP contribution in [0.25, 0.3) is 16.6 Å². The molecule has 1 amide bonds. The van der Waals surface area contributed by atoms with Gasteiger partial charge >= 0.3 is 0 Å². The summed E-state index contributed by atoms with van der Waals surface area (Å²) in [6, 6.07) is 16.1. The van der Waals surface area contributed by atoms with E-state index in [1.54, 1.807) is 24.3 Å². The fraction of sp³-hybridized carbons (Fsp3) is 0. The fourth-order valence-electron chi connectivity index (χ4n) is 3.00. The van der Waals surface area contributed by atoms with Crippen molar-refractivity contribution in [2.75, 3.05) is 5.32 Å². The van der Waals surface area contributed by atoms with Gasteiger partial charge in [-0.15, -0.1) is 0 Å². The monoisotopic (exact) mass is 409 g/mol. The standard InChI is InChI=1S/C21H13F2N3O2S/c22-13-9-14(23)11-15(10-13)24-19(27)12-6-7-17-18(8-12)25-21(29)26(20(17)28)16-4-2-1-3-5-16/h1-11H,(H,24,27)(H,25,29). The van der Waals surface area contributed by atoms with Crippen LogP contribution in [0, 0.1) is 16.4 Å². The van der Waals surface area contributed by atoms with Gasteiger partial charge in [-0.1, -0.05) is 18.2 Å². The van der Waals surface area contributed by atoms with Crippen molar-refractivity contribution in [3.05, 3.63) is 99.1 Å². The zero-order valence-electron chi connectivity index (χ0n) is 14.8. The minimum Gasteiger partial charge on any atom is -0.331 e. The molecule has 5 nitrogen and oxygen atoms in total. The second-order valence-corrected chi connectivity index (χ2v) is 6.67. The van der Waals surface area contributed by atoms with E-state index in [1.165, 1.54) is 22.8 Å². The predicted octanol–water partition coefficient (Wildman–Crippen LogP) is 4.58. The Morgan fingerprint density at radius 3 is 2.34 bits per heavy atom. The van der Waals surface area contributed by atoms with Crippen LogP contribution in [0.1, 0.15) is 10.4 Å². The molecule has 0 aliphatic heterocycles. The van der Waals surface area contributed by atoms with Gasteiger partial charge in [0.25, 0.3) is 11.5 Å². The third-order valence-electron chi connectivity index (χ3n) is 4.29. The fourth-order valence-corrected chi connectivity index (χ4v) is 3.30. The van der Waals surface area contributed by atoms with E-state index in [9.17, 15) is 18.4 Å². The van der Waals surface area contributed by atoms with Gasteiger partial charge in [-0.25, -0.2) is 8.78 Å². The summed E-state index contributed by atoms with van der Waals surface area (Å²) >= 11 is 5.32. The smallest absolute Gasteiger partial charge is 0.266 e. The second kappa shape index (κ2) is 7.40. The molecule has 0 spiro atoms. The molecule has 2 N–H and O–H groups in total. The number of carbonyl (C=O) groups excluding carboxylic acids is 1. The van der Waals surface area contributed by atoms with Crippen molar-refractivity contribution in [1.82, 2.24) is 9.55 Å². The number of aromatic amines is 1. The summed E-state index contributed by atoms with van der Waals surface area (Å²) in [5.74, 6) is -2.18. The number of rotatable bonds is 3. The van der Waals surface area contributed by atoms with Crippen LogP contribution in [0.4, 0.5) is 14.5 Å². The normalized spacial score (nSPS) is 10.8. The molecule has 0 saturated heterocycles. The molecule has 0 fully saturated rings. The number of aromatic nitrogens is 2. The topological polar surface area (TPSA) is 66.9 Å². The molecule has 0 saturated carbocycles. The number of H-pyrrole nitrogens is 1. The third-order valence-corrected chi connectivity index (χ3v) is 4.58. The summed E-state index contributed by atoms with van der Waals surface area (Å²) in [6.45, 7) is 0. The van der Waals surface area contributed by atoms with Gasteiger partial charge < -0.3 is 10.3 Å². The van der Waals surface area contributed by atoms with Gasteiger partial charge in [0, 0.05) is 17.3 Å². The van der Waals surface area contributed by atoms with E-state index < -0.39 is 17.5 Å². The molecule has 0 aliphatic carbocycles. The molecule has 0 bridgehead atoms. The second-order valence-electron chi connectivity index (χ2n) is 6.28. The molecule has 29 heavy (non-hydrogen) atoms. The zero-order chi connectivity index (χ0) is 20.5. The van der Waals surface area contributed by atoms with Crippen LogP contribution < -0.4 is 10.9 Å². The number of amides is 1. The highest BCUT2D eigenvalue weighted by Crippen LogP contribution is 2.17. The number of hydrogen-bond acceptors (Lipinski definition) is 3. The minimum atomic E-state index is -0.802. The zero-order valence-corrected chi connectivity index (χ0v) is 15.6. The van der Waals surface area contributed by atoms with E-state index >= 15 is 0 Å². The van der Waals surface area contributed by atoms with Crippen LogP contribution in [-0.2, 0) is 0 Å². The van der Waals surface area contributed by atoms with Gasteiger partial charge in [0.15, 0.2) is 4.77 Å². The molecule has 0 radical (unpaired) electrons. The lowest BCUT2D eigenvalue weighted by molar-refractivity contribution is 0.102. The number of nitrogens with zero attached hydrogens (tertiary/aromatic N) is 1. The Morgan fingerprint density at radius 1 is 0.966 bits per heavy atom. The Labute approximate surface area is 168 Å². The number of anilines is 1. The molecule has 144 valence electrons. The quantitative estimate of drug-likeness (QED) is 0.487. The van der Waals surface area contributed by atoms with Crippen LogP contribution in [0.5, 0.6) is 0 Å². The van der Waals surface area contributed by atoms with Crippen molar-refractivity contribution in [3.63, 3.8) is 0 Å². The summed E-state index contributed by atoms with van der Waals surface area (Å²) in [5.41, 5.74) is 0.861. The number of nitrogens with one attached hydrogen (secondary N) is 2. The minimum absolute atomic E-state index is 0.0139. The van der Waals surface area contributed by atoms with Crippen LogP contribution in [0.3, 0.4) is 0 Å². The number of carbonyl (C=O) groups is 1. The highest BCUT2D eigenvalue weighted by Gasteiger charge is 2.12. The van der Waals surface area contributed by atoms with Gasteiger partial charge in [0.1, 0.15) is 11.6 Å². The predicted molar refractivity (Wildman–Crippen MR) is 109 cm³/mol. The van der Waals surface area contributed by atoms with Crippen molar-refractivity contribution in [1.29, 1.82) is 0 Å². The lowest BCUT2D eigenvalue weighted by Gasteiger charge is -2.10. The molecular formula is C21H13F2N3O2S. The molecule has 3 aromatic carbocycles. The lowest BCUT2D eigenvalue weighted by Crippen LogP contribution is -2.21. The summed E-state index contributed by atoms with van der Waals surface area (Å²) in [6.07, 6.45) is 0. The molecule has 4 aromatic rings. The van der Waals surface area contributed by atoms with Crippen LogP contribution in [-0.4, -0.2) is 15.5 Å². The Hall–Kier alpha value is -3.65. The molecule has 0 aliphatic rings. The number of para-hydroxylation sites is 1. The van der Waals surface area contributed by atoms with Crippen molar-refractivity contribution >= 4 is 34.7 Å². The van der Waals surface area contributed by atoms with Gasteiger partial charge in [-0.05, 0) is 54.7 Å². The largest absolute Gasteiger partial charge is 0.331 e. The summed E-state index contributed by atoms with van der Waals surface area (Å²) in [4.78, 5) is 28.3. The maximum atomic E-state index is 13.3. The first kappa shape index (κ1) is 18.7. The van der Waals surface area contributed by atoms with E-state index in [1.807, 2.05) is 6.07 Å². The van der Waals surface area contributed by atoms with Crippen molar-refractivity contribution in [2.45, 2.75) is 0 Å². The van der Waals surface area contributed by atoms with E-state index in [0.717, 1.165) is 12.1 Å². The lowest BCUT2D eigenvalue weighted by atomic mass is 10.1. The van der Waals surface area contributed by atoms with Gasteiger partial charge in [-0.3, -0.25) is 14.2 Å². The molecular weight excluding hydrogens is 396 g/mol. The maximum absolute atomic E-state index is 13.3. The summed E-state index contributed by atoms with van der Waals surface area (Å²) in [5, 5.41) is 2.77. The molecule has 4 rings (SSSR count). The van der Waals surface area contributed by atoms with Crippen LogP contribution >= 0.6 is 12.2 Å². The van der Waals surface area contributed by atoms with Gasteiger partial charge in [0.05, 0.1) is 16.6 Å². The first-order chi connectivity index (χ1) is 13.9. The number of benzene rings is 3. The molecule has 8 heteroatoms. The van der Waals surface area contributed by atoms with Crippen LogP contribution in [0.2, 0.25) is 0 Å². The van der Waals surface area contributed by atoms with E-state index in [4.69, 9.17) is 12.2 Å². The Bertz CT molecular complexity index is 1340. The first-order valence-corrected chi connectivity index (χ1v) is 8.95. The maximum Gasteiger partial charge on any atom is 0.266 e. The molecule has 1 aromatic heterocycles. The Morgan fingerprint density at radius 2 is 1.66 bits per heavy atom. The number of halogens is 2. The van der Waals surface area contributed by atoms with Crippen molar-refractivity contribution < 1.29 is 13.6 Å². The van der Waals surface area contributed by atoms with Gasteiger partial charge in [0.2, 0.25) is 0 Å². The SMILES string of the molecule is O=C(Nc1cc(F)cc(F)c1)c1ccc2c(=O)n(-c3ccccc3)c(=S)[nH]c2c1. The summed E-state index contributed by atoms with van der Waals surface area (Å²) < 4.78 is 28.2. The third kappa shape index (κ3) is 3.70. The molecule has 0 atom stereocenters. The first-order valence-electron chi connectivity index (χ1n) is 8.54. The number of hydrogen-bond donors (Lipinski definition) is 2. The van der Waals surface area contributed by atoms with Crippen molar-refractivity contribution in [2.24, 2.45) is 0 Å². The molecule has 0 unspecified atom stereocenters. The average Bonchev–Trinajstić information content (AvgIpc) is 2.67. The van der Waals surface area contributed by atoms with Crippen LogP contribution in [0.15, 0.2) is 71.5 Å². The highest BCUT2D eigenvalue weighted by atomic mass is 32.1. The average molecular weight is 409 g/mol. The van der Waals surface area contributed by atoms with E-state index in [0.29, 0.717) is 22.7 Å². The number of fused-ring (bicyclic) bond motifs is 1.